The number of nitrogens with one attached hydrogen (secondary N) is 2. The highest BCUT2D eigenvalue weighted by Crippen LogP contribution is 2.30. The third-order valence-electron chi connectivity index (χ3n) is 6.05. The van der Waals surface area contributed by atoms with Gasteiger partial charge >= 0.3 is 5.97 Å². The summed E-state index contributed by atoms with van der Waals surface area (Å²) in [5, 5.41) is 6.85. The molecule has 0 unspecified atom stereocenters. The first-order valence-corrected chi connectivity index (χ1v) is 14.1. The Labute approximate surface area is 255 Å². The zero-order valence-electron chi connectivity index (χ0n) is 24.7. The predicted molar refractivity (Wildman–Crippen MR) is 167 cm³/mol. The lowest BCUT2D eigenvalue weighted by atomic mass is 10.1. The Morgan fingerprint density at radius 3 is 2.00 bits per heavy atom. The summed E-state index contributed by atoms with van der Waals surface area (Å²) in [6.45, 7) is 6.78. The average molecular weight is 596 g/mol. The van der Waals surface area contributed by atoms with Crippen LogP contribution in [0.2, 0.25) is 0 Å². The summed E-state index contributed by atoms with van der Waals surface area (Å²) < 4.78 is 22.3. The van der Waals surface area contributed by atoms with Crippen LogP contribution in [0.15, 0.2) is 96.1 Å². The smallest absolute Gasteiger partial charge is 0.343 e. The number of rotatable bonds is 13. The first-order valence-electron chi connectivity index (χ1n) is 14.1. The molecule has 4 rings (SSSR count). The summed E-state index contributed by atoms with van der Waals surface area (Å²) in [5.74, 6) is 0.304. The molecule has 10 nitrogen and oxygen atoms in total. The topological polar surface area (TPSA) is 125 Å². The lowest BCUT2D eigenvalue weighted by Gasteiger charge is -2.13. The van der Waals surface area contributed by atoms with Gasteiger partial charge in [-0.3, -0.25) is 9.59 Å². The van der Waals surface area contributed by atoms with E-state index in [0.29, 0.717) is 65.0 Å². The molecule has 0 aromatic heterocycles. The molecule has 0 spiro atoms. The fourth-order valence-electron chi connectivity index (χ4n) is 4.05. The molecule has 0 aliphatic rings. The van der Waals surface area contributed by atoms with Gasteiger partial charge in [-0.1, -0.05) is 24.3 Å². The van der Waals surface area contributed by atoms with Crippen molar-refractivity contribution in [1.82, 2.24) is 5.43 Å². The maximum absolute atomic E-state index is 12.9. The summed E-state index contributed by atoms with van der Waals surface area (Å²) in [7, 11) is 0. The van der Waals surface area contributed by atoms with Crippen molar-refractivity contribution in [2.24, 2.45) is 5.10 Å². The SMILES string of the molecule is CCOc1ccc(C(=O)Nc2cccc(C(=O)NN=Cc3ccc(OC(=O)c4ccccc4)c(OCC)c3)c2)cc1OCC. The molecular weight excluding hydrogens is 562 g/mol. The van der Waals surface area contributed by atoms with Crippen molar-refractivity contribution in [3.8, 4) is 23.0 Å². The number of anilines is 1. The van der Waals surface area contributed by atoms with Gasteiger partial charge in [0, 0.05) is 16.8 Å². The molecule has 226 valence electrons. The number of nitrogens with zero attached hydrogens (tertiary/aromatic N) is 1. The maximum atomic E-state index is 12.9. The van der Waals surface area contributed by atoms with E-state index in [9.17, 15) is 14.4 Å². The second kappa shape index (κ2) is 15.5. The number of hydrogen-bond acceptors (Lipinski definition) is 8. The van der Waals surface area contributed by atoms with Crippen molar-refractivity contribution < 1.29 is 33.3 Å². The fraction of sp³-hybridized carbons (Fsp3) is 0.176. The molecule has 0 saturated heterocycles. The van der Waals surface area contributed by atoms with E-state index in [4.69, 9.17) is 18.9 Å². The molecule has 0 aliphatic carbocycles. The zero-order chi connectivity index (χ0) is 31.3. The molecule has 44 heavy (non-hydrogen) atoms. The molecular formula is C34H33N3O7. The Balaban J connectivity index is 1.39. The van der Waals surface area contributed by atoms with Crippen molar-refractivity contribution >= 4 is 29.7 Å². The van der Waals surface area contributed by atoms with E-state index >= 15 is 0 Å². The summed E-state index contributed by atoms with van der Waals surface area (Å²) in [6.07, 6.45) is 1.44. The van der Waals surface area contributed by atoms with Gasteiger partial charge in [0.05, 0.1) is 31.6 Å². The van der Waals surface area contributed by atoms with Crippen LogP contribution in [-0.4, -0.2) is 43.8 Å². The van der Waals surface area contributed by atoms with E-state index in [0.717, 1.165) is 0 Å². The van der Waals surface area contributed by atoms with Gasteiger partial charge in [0.1, 0.15) is 0 Å². The molecule has 4 aromatic carbocycles. The molecule has 0 atom stereocenters. The van der Waals surface area contributed by atoms with Gasteiger partial charge in [0.2, 0.25) is 0 Å². The Hall–Kier alpha value is -5.64. The van der Waals surface area contributed by atoms with Crippen molar-refractivity contribution in [3.63, 3.8) is 0 Å². The number of carbonyl (C=O) groups excluding carboxylic acids is 3. The van der Waals surface area contributed by atoms with Crippen molar-refractivity contribution in [2.45, 2.75) is 20.8 Å². The zero-order valence-corrected chi connectivity index (χ0v) is 24.7. The Bertz CT molecular complexity index is 1640. The van der Waals surface area contributed by atoms with E-state index < -0.39 is 11.9 Å². The highest BCUT2D eigenvalue weighted by Gasteiger charge is 2.15. The summed E-state index contributed by atoms with van der Waals surface area (Å²) in [5.41, 5.74) is 4.60. The number of amides is 2. The number of hydrogen-bond donors (Lipinski definition) is 2. The Kier molecular flexibility index (Phi) is 11.1. The van der Waals surface area contributed by atoms with Crippen molar-refractivity contribution in [3.05, 3.63) is 113 Å². The predicted octanol–water partition coefficient (Wildman–Crippen LogP) is 6.12. The molecule has 0 heterocycles. The number of ether oxygens (including phenoxy) is 4. The van der Waals surface area contributed by atoms with Crippen LogP contribution >= 0.6 is 0 Å². The lowest BCUT2D eigenvalue weighted by molar-refractivity contribution is 0.0728. The lowest BCUT2D eigenvalue weighted by Crippen LogP contribution is -2.18. The van der Waals surface area contributed by atoms with E-state index in [-0.39, 0.29) is 11.7 Å². The Morgan fingerprint density at radius 2 is 1.27 bits per heavy atom. The molecule has 2 amide bonds. The van der Waals surface area contributed by atoms with Crippen LogP contribution < -0.4 is 29.7 Å². The molecule has 4 aromatic rings. The number of benzene rings is 4. The van der Waals surface area contributed by atoms with Crippen molar-refractivity contribution in [1.29, 1.82) is 0 Å². The first-order chi connectivity index (χ1) is 21.4. The molecule has 0 bridgehead atoms. The second-order valence-electron chi connectivity index (χ2n) is 9.16. The number of carbonyl (C=O) groups is 3. The summed E-state index contributed by atoms with van der Waals surface area (Å²) >= 11 is 0. The van der Waals surface area contributed by atoms with Crippen LogP contribution in [0.5, 0.6) is 23.0 Å². The minimum atomic E-state index is -0.506. The summed E-state index contributed by atoms with van der Waals surface area (Å²) in [6, 6.07) is 25.0. The largest absolute Gasteiger partial charge is 0.490 e. The van der Waals surface area contributed by atoms with Crippen LogP contribution in [0.3, 0.4) is 0 Å². The van der Waals surface area contributed by atoms with Crippen LogP contribution in [0.25, 0.3) is 0 Å². The minimum absolute atomic E-state index is 0.264. The van der Waals surface area contributed by atoms with Crippen LogP contribution in [0, 0.1) is 0 Å². The third kappa shape index (κ3) is 8.45. The van der Waals surface area contributed by atoms with Gasteiger partial charge in [0.15, 0.2) is 23.0 Å². The van der Waals surface area contributed by atoms with Gasteiger partial charge < -0.3 is 24.3 Å². The summed E-state index contributed by atoms with van der Waals surface area (Å²) in [4.78, 5) is 38.2. The molecule has 0 radical (unpaired) electrons. The Morgan fingerprint density at radius 1 is 0.636 bits per heavy atom. The molecule has 0 fully saturated rings. The van der Waals surface area contributed by atoms with E-state index in [1.807, 2.05) is 26.8 Å². The van der Waals surface area contributed by atoms with E-state index in [1.165, 1.54) is 6.21 Å². The average Bonchev–Trinajstić information content (AvgIpc) is 3.04. The molecule has 2 N–H and O–H groups in total. The maximum Gasteiger partial charge on any atom is 0.343 e. The molecule has 0 aliphatic heterocycles. The fourth-order valence-corrected chi connectivity index (χ4v) is 4.05. The number of hydrazone groups is 1. The highest BCUT2D eigenvalue weighted by atomic mass is 16.6. The van der Waals surface area contributed by atoms with Gasteiger partial charge in [-0.15, -0.1) is 0 Å². The quantitative estimate of drug-likeness (QED) is 0.0826. The second-order valence-corrected chi connectivity index (χ2v) is 9.16. The standard InChI is InChI=1S/C34H33N3O7/c1-4-41-28-18-16-26(21-31(28)43-6-3)32(38)36-27-14-10-13-25(20-27)33(39)37-35-22-23-15-17-29(30(19-23)42-5-2)44-34(40)24-11-8-7-9-12-24/h7-22H,4-6H2,1-3H3,(H,36,38)(H,37,39). The van der Waals surface area contributed by atoms with Crippen LogP contribution in [0.4, 0.5) is 5.69 Å². The monoisotopic (exact) mass is 595 g/mol. The molecule has 0 saturated carbocycles. The van der Waals surface area contributed by atoms with Gasteiger partial charge in [0.25, 0.3) is 11.8 Å². The van der Waals surface area contributed by atoms with E-state index in [2.05, 4.69) is 15.8 Å². The van der Waals surface area contributed by atoms with E-state index in [1.54, 1.807) is 84.9 Å². The normalized spacial score (nSPS) is 10.6. The minimum Gasteiger partial charge on any atom is -0.490 e. The van der Waals surface area contributed by atoms with Crippen LogP contribution in [0.1, 0.15) is 57.4 Å². The first kappa shape index (κ1) is 31.3. The highest BCUT2D eigenvalue weighted by molar-refractivity contribution is 6.05. The van der Waals surface area contributed by atoms with Gasteiger partial charge in [-0.05, 0) is 93.1 Å². The van der Waals surface area contributed by atoms with Gasteiger partial charge in [-0.25, -0.2) is 10.2 Å². The van der Waals surface area contributed by atoms with Crippen LogP contribution in [-0.2, 0) is 0 Å². The number of esters is 1. The molecule has 10 heteroatoms. The third-order valence-corrected chi connectivity index (χ3v) is 6.05. The van der Waals surface area contributed by atoms with Crippen molar-refractivity contribution in [2.75, 3.05) is 25.1 Å². The van der Waals surface area contributed by atoms with Gasteiger partial charge in [-0.2, -0.15) is 5.10 Å².